The number of amides is 2. The highest BCUT2D eigenvalue weighted by Gasteiger charge is 2.38. The number of fused-ring (bicyclic) bond motifs is 3. The number of halogens is 1. The summed E-state index contributed by atoms with van der Waals surface area (Å²) in [5.41, 5.74) is 3.53. The van der Waals surface area contributed by atoms with Gasteiger partial charge in [-0.15, -0.1) is 0 Å². The van der Waals surface area contributed by atoms with Crippen molar-refractivity contribution in [3.8, 4) is 16.9 Å². The number of H-pyrrole nitrogens is 1. The van der Waals surface area contributed by atoms with Crippen LogP contribution in [0.25, 0.3) is 22.0 Å². The number of benzene rings is 2. The van der Waals surface area contributed by atoms with E-state index in [4.69, 9.17) is 21.1 Å². The van der Waals surface area contributed by atoms with E-state index in [1.807, 2.05) is 45.9 Å². The van der Waals surface area contributed by atoms with Gasteiger partial charge in [0, 0.05) is 30.6 Å². The lowest BCUT2D eigenvalue weighted by molar-refractivity contribution is 0.000953. The number of piperazine rings is 1. The second-order valence-electron chi connectivity index (χ2n) is 9.78. The molecule has 0 unspecified atom stereocenters. The van der Waals surface area contributed by atoms with Crippen LogP contribution < -0.4 is 4.74 Å². The van der Waals surface area contributed by atoms with Crippen LogP contribution in [-0.4, -0.2) is 69.9 Å². The Labute approximate surface area is 202 Å². The van der Waals surface area contributed by atoms with Gasteiger partial charge in [0.25, 0.3) is 5.91 Å². The largest absolute Gasteiger partial charge is 0.489 e. The van der Waals surface area contributed by atoms with Crippen molar-refractivity contribution >= 4 is 34.5 Å². The first-order chi connectivity index (χ1) is 16.1. The van der Waals surface area contributed by atoms with Crippen LogP contribution in [0, 0.1) is 6.92 Å². The topological polar surface area (TPSA) is 87.8 Å². The molecular formula is C25H27ClN4O4. The third kappa shape index (κ3) is 3.86. The Hall–Kier alpha value is -3.26. The van der Waals surface area contributed by atoms with E-state index in [0.717, 1.165) is 27.6 Å². The Morgan fingerprint density at radius 3 is 2.74 bits per heavy atom. The number of nitrogens with zero attached hydrogens (tertiary/aromatic N) is 3. The van der Waals surface area contributed by atoms with Gasteiger partial charge in [0.05, 0.1) is 28.3 Å². The molecule has 0 spiro atoms. The molecule has 0 saturated carbocycles. The van der Waals surface area contributed by atoms with E-state index in [0.29, 0.717) is 36.0 Å². The van der Waals surface area contributed by atoms with Gasteiger partial charge < -0.3 is 19.3 Å². The minimum absolute atomic E-state index is 0.145. The molecule has 1 fully saturated rings. The van der Waals surface area contributed by atoms with Crippen molar-refractivity contribution in [2.75, 3.05) is 26.2 Å². The van der Waals surface area contributed by atoms with E-state index in [2.05, 4.69) is 10.2 Å². The quantitative estimate of drug-likeness (QED) is 0.545. The Kier molecular flexibility index (Phi) is 5.43. The number of aromatic amines is 1. The van der Waals surface area contributed by atoms with Crippen molar-refractivity contribution in [2.24, 2.45) is 0 Å². The molecule has 1 atom stereocenters. The molecule has 9 heteroatoms. The van der Waals surface area contributed by atoms with Gasteiger partial charge in [-0.2, -0.15) is 5.10 Å². The number of hydrogen-bond acceptors (Lipinski definition) is 5. The molecule has 3 aromatic rings. The molecule has 1 N–H and O–H groups in total. The van der Waals surface area contributed by atoms with E-state index in [1.54, 1.807) is 22.1 Å². The molecule has 2 aliphatic heterocycles. The van der Waals surface area contributed by atoms with E-state index in [-0.39, 0.29) is 24.6 Å². The predicted molar refractivity (Wildman–Crippen MR) is 129 cm³/mol. The van der Waals surface area contributed by atoms with Crippen LogP contribution in [0.2, 0.25) is 5.02 Å². The molecular weight excluding hydrogens is 456 g/mol. The first kappa shape index (κ1) is 22.5. The molecule has 3 heterocycles. The second-order valence-corrected chi connectivity index (χ2v) is 10.2. The van der Waals surface area contributed by atoms with Crippen molar-refractivity contribution < 1.29 is 19.1 Å². The smallest absolute Gasteiger partial charge is 0.410 e. The third-order valence-corrected chi connectivity index (χ3v) is 6.62. The highest BCUT2D eigenvalue weighted by molar-refractivity contribution is 6.36. The molecule has 2 amide bonds. The van der Waals surface area contributed by atoms with Gasteiger partial charge in [-0.25, -0.2) is 4.79 Å². The lowest BCUT2D eigenvalue weighted by atomic mass is 9.95. The van der Waals surface area contributed by atoms with Crippen molar-refractivity contribution in [2.45, 2.75) is 39.3 Å². The maximum Gasteiger partial charge on any atom is 0.410 e. The normalized spacial score (nSPS) is 18.3. The van der Waals surface area contributed by atoms with Crippen LogP contribution in [-0.2, 0) is 4.74 Å². The number of rotatable bonds is 1. The van der Waals surface area contributed by atoms with Gasteiger partial charge in [0.1, 0.15) is 12.2 Å². The number of nitrogens with one attached hydrogen (secondary N) is 1. The summed E-state index contributed by atoms with van der Waals surface area (Å²) >= 11 is 6.88. The Bertz CT molecular complexity index is 1300. The zero-order valence-corrected chi connectivity index (χ0v) is 20.4. The maximum absolute atomic E-state index is 13.5. The number of hydrogen-bond donors (Lipinski definition) is 1. The number of carbonyl (C=O) groups is 2. The van der Waals surface area contributed by atoms with Gasteiger partial charge in [0.15, 0.2) is 5.75 Å². The zero-order valence-electron chi connectivity index (χ0n) is 19.6. The fourth-order valence-corrected chi connectivity index (χ4v) is 4.95. The summed E-state index contributed by atoms with van der Waals surface area (Å²) in [6.45, 7) is 8.90. The molecule has 1 aromatic heterocycles. The summed E-state index contributed by atoms with van der Waals surface area (Å²) < 4.78 is 11.7. The van der Waals surface area contributed by atoms with Crippen molar-refractivity contribution in [1.29, 1.82) is 0 Å². The van der Waals surface area contributed by atoms with E-state index < -0.39 is 5.60 Å². The molecule has 1 saturated heterocycles. The van der Waals surface area contributed by atoms with Crippen molar-refractivity contribution in [1.82, 2.24) is 20.0 Å². The van der Waals surface area contributed by atoms with E-state index in [9.17, 15) is 9.59 Å². The van der Waals surface area contributed by atoms with Crippen LogP contribution in [0.1, 0.15) is 36.7 Å². The van der Waals surface area contributed by atoms with Gasteiger partial charge in [-0.1, -0.05) is 23.7 Å². The van der Waals surface area contributed by atoms with Crippen LogP contribution in [0.5, 0.6) is 5.75 Å². The summed E-state index contributed by atoms with van der Waals surface area (Å²) in [5, 5.41) is 8.50. The Morgan fingerprint density at radius 1 is 1.21 bits per heavy atom. The number of aryl methyl sites for hydroxylation is 1. The molecule has 5 rings (SSSR count). The molecule has 0 bridgehead atoms. The fraction of sp³-hybridized carbons (Fsp3) is 0.400. The second kappa shape index (κ2) is 8.20. The van der Waals surface area contributed by atoms with Crippen LogP contribution >= 0.6 is 11.6 Å². The number of aromatic nitrogens is 2. The summed E-state index contributed by atoms with van der Waals surface area (Å²) in [7, 11) is 0. The van der Waals surface area contributed by atoms with Crippen LogP contribution in [0.15, 0.2) is 30.5 Å². The van der Waals surface area contributed by atoms with Gasteiger partial charge in [-0.05, 0) is 51.0 Å². The molecule has 0 aliphatic carbocycles. The maximum atomic E-state index is 13.5. The summed E-state index contributed by atoms with van der Waals surface area (Å²) in [4.78, 5) is 29.4. The van der Waals surface area contributed by atoms with Crippen molar-refractivity contribution in [3.63, 3.8) is 0 Å². The molecule has 34 heavy (non-hydrogen) atoms. The lowest BCUT2D eigenvalue weighted by Gasteiger charge is -2.40. The first-order valence-corrected chi connectivity index (χ1v) is 11.7. The van der Waals surface area contributed by atoms with E-state index in [1.165, 1.54) is 0 Å². The fourth-order valence-electron chi connectivity index (χ4n) is 4.63. The van der Waals surface area contributed by atoms with Gasteiger partial charge in [-0.3, -0.25) is 9.89 Å². The number of ether oxygens (including phenoxy) is 2. The van der Waals surface area contributed by atoms with Crippen molar-refractivity contribution in [3.05, 3.63) is 46.6 Å². The van der Waals surface area contributed by atoms with E-state index >= 15 is 0 Å². The lowest BCUT2D eigenvalue weighted by Crippen LogP contribution is -2.58. The van der Waals surface area contributed by atoms with Gasteiger partial charge >= 0.3 is 6.09 Å². The predicted octanol–water partition coefficient (Wildman–Crippen LogP) is 4.65. The van der Waals surface area contributed by atoms with Gasteiger partial charge in [0.2, 0.25) is 0 Å². The SMILES string of the molecule is Cc1ccc2[nH]ncc2c1-c1ccc2c(c1Cl)OC[C@H]1CN(C(=O)OC(C)(C)C)CCN1C2=O. The molecule has 178 valence electrons. The monoisotopic (exact) mass is 482 g/mol. The molecule has 2 aliphatic rings. The highest BCUT2D eigenvalue weighted by Crippen LogP contribution is 2.43. The summed E-state index contributed by atoms with van der Waals surface area (Å²) in [6, 6.07) is 7.34. The average Bonchev–Trinajstić information content (AvgIpc) is 3.20. The zero-order chi connectivity index (χ0) is 24.2. The number of carbonyl (C=O) groups excluding carboxylic acids is 2. The average molecular weight is 483 g/mol. The standard InChI is InChI=1S/C25H27ClN4O4/c1-14-5-8-19-18(11-27-28-19)20(14)16-6-7-17-22(21(16)26)33-13-15-12-29(9-10-30(15)23(17)31)24(32)34-25(2,3)4/h5-8,11,15H,9-10,12-13H2,1-4H3,(H,27,28)/t15-/m1/s1. The minimum Gasteiger partial charge on any atom is -0.489 e. The van der Waals surface area contributed by atoms with Crippen LogP contribution in [0.3, 0.4) is 0 Å². The highest BCUT2D eigenvalue weighted by atomic mass is 35.5. The first-order valence-electron chi connectivity index (χ1n) is 11.3. The van der Waals surface area contributed by atoms with Crippen LogP contribution in [0.4, 0.5) is 4.79 Å². The molecule has 8 nitrogen and oxygen atoms in total. The summed E-state index contributed by atoms with van der Waals surface area (Å²) in [6.07, 6.45) is 1.39. The molecule has 2 aromatic carbocycles. The molecule has 0 radical (unpaired) electrons. The Morgan fingerprint density at radius 2 is 1.97 bits per heavy atom. The third-order valence-electron chi connectivity index (χ3n) is 6.24. The minimum atomic E-state index is -0.583. The summed E-state index contributed by atoms with van der Waals surface area (Å²) in [5.74, 6) is 0.232. The Balaban J connectivity index is 1.47.